The Kier molecular flexibility index (Phi) is 5.49. The molecule has 2 N–H and O–H groups in total. The zero-order chi connectivity index (χ0) is 18.4. The third-order valence-electron chi connectivity index (χ3n) is 3.93. The van der Waals surface area contributed by atoms with Gasteiger partial charge in [-0.3, -0.25) is 4.79 Å². The molecule has 5 nitrogen and oxygen atoms in total. The van der Waals surface area contributed by atoms with Crippen LogP contribution in [-0.2, 0) is 9.53 Å². The lowest BCUT2D eigenvalue weighted by Crippen LogP contribution is -2.23. The van der Waals surface area contributed by atoms with Crippen LogP contribution in [0.25, 0.3) is 10.8 Å². The van der Waals surface area contributed by atoms with E-state index in [-0.39, 0.29) is 19.1 Å². The molecule has 0 aliphatic heterocycles. The third kappa shape index (κ3) is 4.00. The Hall–Kier alpha value is -3.34. The molecule has 1 amide bonds. The number of amides is 1. The summed E-state index contributed by atoms with van der Waals surface area (Å²) in [5.74, 6) is -0.694. The van der Waals surface area contributed by atoms with Gasteiger partial charge in [0.2, 0.25) is 5.91 Å². The quantitative estimate of drug-likeness (QED) is 0.659. The first-order chi connectivity index (χ1) is 12.7. The van der Waals surface area contributed by atoms with Crippen LogP contribution in [-0.4, -0.2) is 25.0 Å². The summed E-state index contributed by atoms with van der Waals surface area (Å²) in [4.78, 5) is 24.3. The van der Waals surface area contributed by atoms with Crippen molar-refractivity contribution in [1.29, 1.82) is 0 Å². The Balaban J connectivity index is 1.69. The topological polar surface area (TPSA) is 67.4 Å². The molecule has 132 valence electrons. The summed E-state index contributed by atoms with van der Waals surface area (Å²) in [5.41, 5.74) is 1.67. The molecule has 0 aromatic heterocycles. The van der Waals surface area contributed by atoms with E-state index in [1.54, 1.807) is 31.2 Å². The second-order valence-corrected chi connectivity index (χ2v) is 5.69. The minimum absolute atomic E-state index is 0.0885. The number of carbonyl (C=O) groups is 2. The maximum atomic E-state index is 12.3. The molecule has 3 aromatic carbocycles. The van der Waals surface area contributed by atoms with Crippen molar-refractivity contribution >= 4 is 34.0 Å². The van der Waals surface area contributed by atoms with E-state index in [2.05, 4.69) is 10.6 Å². The van der Waals surface area contributed by atoms with E-state index in [1.807, 2.05) is 42.5 Å². The Bertz CT molecular complexity index is 932. The molecule has 0 unspecified atom stereocenters. The van der Waals surface area contributed by atoms with Crippen molar-refractivity contribution in [3.63, 3.8) is 0 Å². The SMILES string of the molecule is CCOC(=O)c1ccccc1NC(=O)CNc1cccc2ccccc12. The first kappa shape index (κ1) is 17.5. The molecule has 0 bridgehead atoms. The average Bonchev–Trinajstić information content (AvgIpc) is 2.67. The summed E-state index contributed by atoms with van der Waals surface area (Å²) in [6.45, 7) is 2.11. The normalized spacial score (nSPS) is 10.3. The van der Waals surface area contributed by atoms with Crippen molar-refractivity contribution in [2.75, 3.05) is 23.8 Å². The van der Waals surface area contributed by atoms with E-state index in [0.29, 0.717) is 11.3 Å². The van der Waals surface area contributed by atoms with Crippen molar-refractivity contribution < 1.29 is 14.3 Å². The van der Waals surface area contributed by atoms with Crippen molar-refractivity contribution in [2.45, 2.75) is 6.92 Å². The fraction of sp³-hybridized carbons (Fsp3) is 0.143. The monoisotopic (exact) mass is 348 g/mol. The molecule has 26 heavy (non-hydrogen) atoms. The highest BCUT2D eigenvalue weighted by Crippen LogP contribution is 2.23. The van der Waals surface area contributed by atoms with E-state index in [0.717, 1.165) is 16.5 Å². The standard InChI is InChI=1S/C21H20N2O3/c1-2-26-21(25)17-11-5-6-12-19(17)23-20(24)14-22-18-13-7-9-15-8-3-4-10-16(15)18/h3-13,22H,2,14H2,1H3,(H,23,24). The molecule has 0 heterocycles. The highest BCUT2D eigenvalue weighted by Gasteiger charge is 2.14. The number of hydrogen-bond acceptors (Lipinski definition) is 4. The summed E-state index contributed by atoms with van der Waals surface area (Å²) < 4.78 is 5.02. The van der Waals surface area contributed by atoms with Gasteiger partial charge in [-0.15, -0.1) is 0 Å². The van der Waals surface area contributed by atoms with Crippen molar-refractivity contribution in [3.05, 3.63) is 72.3 Å². The second kappa shape index (κ2) is 8.16. The molecular formula is C21H20N2O3. The molecular weight excluding hydrogens is 328 g/mol. The summed E-state index contributed by atoms with van der Waals surface area (Å²) in [6, 6.07) is 20.7. The van der Waals surface area contributed by atoms with Gasteiger partial charge in [-0.05, 0) is 30.5 Å². The van der Waals surface area contributed by atoms with Crippen LogP contribution in [0.2, 0.25) is 0 Å². The summed E-state index contributed by atoms with van der Waals surface area (Å²) in [5, 5.41) is 8.07. The average molecular weight is 348 g/mol. The Morgan fingerprint density at radius 1 is 0.885 bits per heavy atom. The van der Waals surface area contributed by atoms with Crippen LogP contribution in [0.3, 0.4) is 0 Å². The van der Waals surface area contributed by atoms with Crippen LogP contribution < -0.4 is 10.6 Å². The van der Waals surface area contributed by atoms with Gasteiger partial charge in [0.05, 0.1) is 24.4 Å². The fourth-order valence-electron chi connectivity index (χ4n) is 2.73. The first-order valence-corrected chi connectivity index (χ1v) is 8.46. The number of esters is 1. The second-order valence-electron chi connectivity index (χ2n) is 5.69. The Morgan fingerprint density at radius 3 is 2.42 bits per heavy atom. The minimum atomic E-state index is -0.453. The number of carbonyl (C=O) groups excluding carboxylic acids is 2. The minimum Gasteiger partial charge on any atom is -0.462 e. The van der Waals surface area contributed by atoms with Gasteiger partial charge >= 0.3 is 5.97 Å². The first-order valence-electron chi connectivity index (χ1n) is 8.46. The van der Waals surface area contributed by atoms with Gasteiger partial charge in [-0.1, -0.05) is 48.5 Å². The van der Waals surface area contributed by atoms with Gasteiger partial charge < -0.3 is 15.4 Å². The molecule has 0 aliphatic carbocycles. The highest BCUT2D eigenvalue weighted by atomic mass is 16.5. The van der Waals surface area contributed by atoms with Crippen molar-refractivity contribution in [3.8, 4) is 0 Å². The summed E-state index contributed by atoms with van der Waals surface area (Å²) >= 11 is 0. The van der Waals surface area contributed by atoms with E-state index < -0.39 is 5.97 Å². The summed E-state index contributed by atoms with van der Waals surface area (Å²) in [7, 11) is 0. The predicted molar refractivity (Wildman–Crippen MR) is 103 cm³/mol. The number of benzene rings is 3. The number of hydrogen-bond donors (Lipinski definition) is 2. The zero-order valence-corrected chi connectivity index (χ0v) is 14.5. The highest BCUT2D eigenvalue weighted by molar-refractivity contribution is 6.03. The third-order valence-corrected chi connectivity index (χ3v) is 3.93. The van der Waals surface area contributed by atoms with Gasteiger partial charge in [0.15, 0.2) is 0 Å². The number of fused-ring (bicyclic) bond motifs is 1. The van der Waals surface area contributed by atoms with Crippen LogP contribution >= 0.6 is 0 Å². The van der Waals surface area contributed by atoms with Gasteiger partial charge in [-0.25, -0.2) is 4.79 Å². The molecule has 5 heteroatoms. The van der Waals surface area contributed by atoms with Gasteiger partial charge in [0, 0.05) is 11.1 Å². The number of nitrogens with one attached hydrogen (secondary N) is 2. The molecule has 0 spiro atoms. The smallest absolute Gasteiger partial charge is 0.340 e. The number of para-hydroxylation sites is 1. The molecule has 0 fully saturated rings. The number of rotatable bonds is 6. The Morgan fingerprint density at radius 2 is 1.58 bits per heavy atom. The van der Waals surface area contributed by atoms with Gasteiger partial charge in [-0.2, -0.15) is 0 Å². The molecule has 0 aliphatic rings. The van der Waals surface area contributed by atoms with Crippen LogP contribution in [0, 0.1) is 0 Å². The zero-order valence-electron chi connectivity index (χ0n) is 14.5. The van der Waals surface area contributed by atoms with E-state index in [4.69, 9.17) is 4.74 Å². The van der Waals surface area contributed by atoms with Gasteiger partial charge in [0.25, 0.3) is 0 Å². The maximum absolute atomic E-state index is 12.3. The van der Waals surface area contributed by atoms with Crippen LogP contribution in [0.4, 0.5) is 11.4 Å². The molecule has 0 radical (unpaired) electrons. The number of anilines is 2. The van der Waals surface area contributed by atoms with Crippen molar-refractivity contribution in [1.82, 2.24) is 0 Å². The molecule has 0 saturated carbocycles. The van der Waals surface area contributed by atoms with E-state index in [9.17, 15) is 9.59 Å². The van der Waals surface area contributed by atoms with Crippen LogP contribution in [0.15, 0.2) is 66.7 Å². The molecule has 3 rings (SSSR count). The van der Waals surface area contributed by atoms with Gasteiger partial charge in [0.1, 0.15) is 0 Å². The molecule has 0 saturated heterocycles. The van der Waals surface area contributed by atoms with Crippen LogP contribution in [0.1, 0.15) is 17.3 Å². The van der Waals surface area contributed by atoms with Crippen molar-refractivity contribution in [2.24, 2.45) is 0 Å². The van der Waals surface area contributed by atoms with Crippen LogP contribution in [0.5, 0.6) is 0 Å². The number of ether oxygens (including phenoxy) is 1. The lowest BCUT2D eigenvalue weighted by Gasteiger charge is -2.12. The maximum Gasteiger partial charge on any atom is 0.340 e. The van der Waals surface area contributed by atoms with E-state index >= 15 is 0 Å². The Labute approximate surface area is 152 Å². The summed E-state index contributed by atoms with van der Waals surface area (Å²) in [6.07, 6.45) is 0. The van der Waals surface area contributed by atoms with E-state index in [1.165, 1.54) is 0 Å². The lowest BCUT2D eigenvalue weighted by molar-refractivity contribution is -0.114. The largest absolute Gasteiger partial charge is 0.462 e. The molecule has 0 atom stereocenters. The lowest BCUT2D eigenvalue weighted by atomic mass is 10.1. The fourth-order valence-corrected chi connectivity index (χ4v) is 2.73. The predicted octanol–water partition coefficient (Wildman–Crippen LogP) is 4.07. The molecule has 3 aromatic rings.